The highest BCUT2D eigenvalue weighted by Gasteiger charge is 2.33. The lowest BCUT2D eigenvalue weighted by Crippen LogP contribution is -2.34. The van der Waals surface area contributed by atoms with Crippen LogP contribution in [0.1, 0.15) is 48.6 Å². The first-order valence-electron chi connectivity index (χ1n) is 6.49. The van der Waals surface area contributed by atoms with Gasteiger partial charge in [0, 0.05) is 23.9 Å². The summed E-state index contributed by atoms with van der Waals surface area (Å²) in [6, 6.07) is 0.273. The molecule has 0 aliphatic carbocycles. The van der Waals surface area contributed by atoms with Gasteiger partial charge in [0.2, 0.25) is 0 Å². The zero-order chi connectivity index (χ0) is 13.3. The molecule has 0 aromatic carbocycles. The van der Waals surface area contributed by atoms with Gasteiger partial charge in [-0.1, -0.05) is 13.8 Å². The molecule has 20 heavy (non-hydrogen) atoms. The van der Waals surface area contributed by atoms with Crippen LogP contribution in [0.5, 0.6) is 0 Å². The fourth-order valence-corrected chi connectivity index (χ4v) is 3.20. The third-order valence-corrected chi connectivity index (χ3v) is 4.64. The first-order chi connectivity index (χ1) is 8.52. The Morgan fingerprint density at radius 1 is 1.55 bits per heavy atom. The maximum absolute atomic E-state index is 12.4. The number of amides is 1. The smallest absolute Gasteiger partial charge is 0.273 e. The highest BCUT2D eigenvalue weighted by Crippen LogP contribution is 2.26. The van der Waals surface area contributed by atoms with Gasteiger partial charge >= 0.3 is 0 Å². The Kier molecular flexibility index (Phi) is 8.03. The summed E-state index contributed by atoms with van der Waals surface area (Å²) in [5.41, 5.74) is 6.28. The molecule has 0 bridgehead atoms. The summed E-state index contributed by atoms with van der Waals surface area (Å²) in [7, 11) is 0. The van der Waals surface area contributed by atoms with Gasteiger partial charge in [0.15, 0.2) is 0 Å². The maximum Gasteiger partial charge on any atom is 0.273 e. The predicted molar refractivity (Wildman–Crippen MR) is 88.4 cm³/mol. The standard InChI is InChI=1S/C13H21N3OS.2ClH/c1-8(2)12-15-11(7-18-12)13(17)16-6-10(5-14)4-9(16)3;;/h7-10H,4-6,14H2,1-3H3;2*1H. The van der Waals surface area contributed by atoms with Gasteiger partial charge in [0.1, 0.15) is 5.69 Å². The molecule has 1 aliphatic rings. The number of nitrogens with two attached hydrogens (primary N) is 1. The minimum atomic E-state index is 0. The lowest BCUT2D eigenvalue weighted by molar-refractivity contribution is 0.0738. The van der Waals surface area contributed by atoms with Gasteiger partial charge in [-0.25, -0.2) is 4.98 Å². The number of rotatable bonds is 3. The second-order valence-corrected chi connectivity index (χ2v) is 6.26. The Labute approximate surface area is 137 Å². The Morgan fingerprint density at radius 2 is 2.20 bits per heavy atom. The normalized spacial score (nSPS) is 21.6. The molecule has 2 atom stereocenters. The number of likely N-dealkylation sites (tertiary alicyclic amines) is 1. The first-order valence-corrected chi connectivity index (χ1v) is 7.37. The van der Waals surface area contributed by atoms with Gasteiger partial charge < -0.3 is 10.6 Å². The molecule has 2 heterocycles. The molecule has 0 saturated carbocycles. The highest BCUT2D eigenvalue weighted by molar-refractivity contribution is 7.09. The Morgan fingerprint density at radius 3 is 2.65 bits per heavy atom. The van der Waals surface area contributed by atoms with Crippen molar-refractivity contribution >= 4 is 42.1 Å². The van der Waals surface area contributed by atoms with Crippen molar-refractivity contribution in [3.8, 4) is 0 Å². The number of carbonyl (C=O) groups excluding carboxylic acids is 1. The molecule has 1 aromatic rings. The Bertz CT molecular complexity index is 439. The SMILES string of the molecule is CC(C)c1nc(C(=O)N2CC(CN)CC2C)cs1.Cl.Cl. The van der Waals surface area contributed by atoms with Crippen molar-refractivity contribution in [2.24, 2.45) is 11.7 Å². The molecule has 2 N–H and O–H groups in total. The fraction of sp³-hybridized carbons (Fsp3) is 0.692. The van der Waals surface area contributed by atoms with Crippen molar-refractivity contribution in [1.29, 1.82) is 0 Å². The fourth-order valence-electron chi connectivity index (χ4n) is 2.39. The van der Waals surface area contributed by atoms with Crippen LogP contribution in [0, 0.1) is 5.92 Å². The molecule has 4 nitrogen and oxygen atoms in total. The van der Waals surface area contributed by atoms with E-state index in [4.69, 9.17) is 5.73 Å². The second kappa shape index (κ2) is 8.17. The summed E-state index contributed by atoms with van der Waals surface area (Å²) in [4.78, 5) is 18.7. The topological polar surface area (TPSA) is 59.2 Å². The summed E-state index contributed by atoms with van der Waals surface area (Å²) in [5, 5.41) is 2.90. The van der Waals surface area contributed by atoms with Crippen molar-refractivity contribution in [3.63, 3.8) is 0 Å². The summed E-state index contributed by atoms with van der Waals surface area (Å²) in [6.45, 7) is 7.70. The molecule has 2 rings (SSSR count). The lowest BCUT2D eigenvalue weighted by Gasteiger charge is -2.20. The molecule has 1 aromatic heterocycles. The largest absolute Gasteiger partial charge is 0.334 e. The highest BCUT2D eigenvalue weighted by atomic mass is 35.5. The van der Waals surface area contributed by atoms with Crippen LogP contribution in [0.4, 0.5) is 0 Å². The second-order valence-electron chi connectivity index (χ2n) is 5.37. The molecule has 116 valence electrons. The first kappa shape index (κ1) is 19.6. The van der Waals surface area contributed by atoms with Gasteiger partial charge in [-0.15, -0.1) is 36.2 Å². The van der Waals surface area contributed by atoms with Gasteiger partial charge in [-0.3, -0.25) is 4.79 Å². The van der Waals surface area contributed by atoms with E-state index in [9.17, 15) is 4.79 Å². The zero-order valence-electron chi connectivity index (χ0n) is 12.0. The summed E-state index contributed by atoms with van der Waals surface area (Å²) in [5.74, 6) is 0.873. The quantitative estimate of drug-likeness (QED) is 0.920. The molecule has 1 saturated heterocycles. The van der Waals surface area contributed by atoms with Gasteiger partial charge in [-0.05, 0) is 25.8 Å². The maximum atomic E-state index is 12.4. The van der Waals surface area contributed by atoms with Crippen molar-refractivity contribution in [2.45, 2.75) is 39.2 Å². The van der Waals surface area contributed by atoms with E-state index in [0.717, 1.165) is 18.0 Å². The monoisotopic (exact) mass is 339 g/mol. The van der Waals surface area contributed by atoms with E-state index in [2.05, 4.69) is 25.8 Å². The lowest BCUT2D eigenvalue weighted by atomic mass is 10.1. The van der Waals surface area contributed by atoms with E-state index in [-0.39, 0.29) is 36.8 Å². The van der Waals surface area contributed by atoms with E-state index < -0.39 is 0 Å². The molecule has 1 fully saturated rings. The van der Waals surface area contributed by atoms with Crippen LogP contribution in [0.2, 0.25) is 0 Å². The van der Waals surface area contributed by atoms with Crippen molar-refractivity contribution in [2.75, 3.05) is 13.1 Å². The Hall–Kier alpha value is -0.360. The average molecular weight is 340 g/mol. The summed E-state index contributed by atoms with van der Waals surface area (Å²) < 4.78 is 0. The third kappa shape index (κ3) is 4.07. The number of hydrogen-bond donors (Lipinski definition) is 1. The molecular weight excluding hydrogens is 317 g/mol. The molecule has 7 heteroatoms. The molecule has 0 spiro atoms. The third-order valence-electron chi connectivity index (χ3n) is 3.49. The molecule has 2 unspecified atom stereocenters. The number of aromatic nitrogens is 1. The Balaban J connectivity index is 0.00000180. The number of halogens is 2. The van der Waals surface area contributed by atoms with Crippen LogP contribution < -0.4 is 5.73 Å². The molecule has 1 amide bonds. The minimum Gasteiger partial charge on any atom is -0.334 e. The zero-order valence-corrected chi connectivity index (χ0v) is 14.5. The average Bonchev–Trinajstić information content (AvgIpc) is 2.94. The summed E-state index contributed by atoms with van der Waals surface area (Å²) >= 11 is 1.57. The predicted octanol–water partition coefficient (Wildman–Crippen LogP) is 2.92. The summed E-state index contributed by atoms with van der Waals surface area (Å²) in [6.07, 6.45) is 1.00. The van der Waals surface area contributed by atoms with Crippen molar-refractivity contribution < 1.29 is 4.79 Å². The number of thiazole rings is 1. The van der Waals surface area contributed by atoms with Crippen molar-refractivity contribution in [3.05, 3.63) is 16.1 Å². The molecule has 1 aliphatic heterocycles. The van der Waals surface area contributed by atoms with Crippen LogP contribution in [0.15, 0.2) is 5.38 Å². The van der Waals surface area contributed by atoms with Crippen LogP contribution in [-0.2, 0) is 0 Å². The number of hydrogen-bond acceptors (Lipinski definition) is 4. The molecular formula is C13H23Cl2N3OS. The minimum absolute atomic E-state index is 0. The van der Waals surface area contributed by atoms with E-state index >= 15 is 0 Å². The van der Waals surface area contributed by atoms with Crippen molar-refractivity contribution in [1.82, 2.24) is 9.88 Å². The van der Waals surface area contributed by atoms with Crippen LogP contribution >= 0.6 is 36.2 Å². The van der Waals surface area contributed by atoms with Gasteiger partial charge in [0.05, 0.1) is 5.01 Å². The van der Waals surface area contributed by atoms with Gasteiger partial charge in [0.25, 0.3) is 5.91 Å². The number of carbonyl (C=O) groups is 1. The van der Waals surface area contributed by atoms with Crippen LogP contribution in [-0.4, -0.2) is 34.9 Å². The van der Waals surface area contributed by atoms with Crippen LogP contribution in [0.25, 0.3) is 0 Å². The van der Waals surface area contributed by atoms with E-state index in [1.54, 1.807) is 11.3 Å². The van der Waals surface area contributed by atoms with Crippen LogP contribution in [0.3, 0.4) is 0 Å². The number of nitrogens with zero attached hydrogens (tertiary/aromatic N) is 2. The van der Waals surface area contributed by atoms with E-state index in [1.807, 2.05) is 10.3 Å². The van der Waals surface area contributed by atoms with E-state index in [0.29, 0.717) is 24.1 Å². The van der Waals surface area contributed by atoms with E-state index in [1.165, 1.54) is 0 Å². The van der Waals surface area contributed by atoms with Gasteiger partial charge in [-0.2, -0.15) is 0 Å². The molecule has 0 radical (unpaired) electrons.